The van der Waals surface area contributed by atoms with Gasteiger partial charge >= 0.3 is 0 Å². The molecule has 0 aromatic heterocycles. The van der Waals surface area contributed by atoms with Crippen LogP contribution in [0.25, 0.3) is 0 Å². The summed E-state index contributed by atoms with van der Waals surface area (Å²) in [7, 11) is 0. The molecule has 0 heterocycles. The zero-order valence-electron chi connectivity index (χ0n) is 9.76. The molecule has 0 aliphatic heterocycles. The van der Waals surface area contributed by atoms with E-state index in [0.717, 1.165) is 11.8 Å². The van der Waals surface area contributed by atoms with E-state index in [2.05, 4.69) is 26.0 Å². The number of rotatable bonds is 2. The smallest absolute Gasteiger partial charge is 0.0266 e. The van der Waals surface area contributed by atoms with Crippen LogP contribution < -0.4 is 0 Å². The summed E-state index contributed by atoms with van der Waals surface area (Å²) in [5.41, 5.74) is 0.706. The van der Waals surface area contributed by atoms with Gasteiger partial charge in [-0.1, -0.05) is 31.9 Å². The van der Waals surface area contributed by atoms with E-state index in [1.165, 1.54) is 44.9 Å². The second-order valence-electron chi connectivity index (χ2n) is 5.53. The van der Waals surface area contributed by atoms with Crippen LogP contribution in [-0.2, 0) is 0 Å². The first-order valence-corrected chi connectivity index (χ1v) is 6.38. The van der Waals surface area contributed by atoms with Crippen molar-refractivity contribution in [2.24, 2.45) is 17.3 Å². The maximum atomic E-state index is 2.57. The van der Waals surface area contributed by atoms with Crippen LogP contribution in [-0.4, -0.2) is 0 Å². The fourth-order valence-electron chi connectivity index (χ4n) is 3.86. The number of hydrogen-bond donors (Lipinski definition) is 0. The highest BCUT2D eigenvalue weighted by Crippen LogP contribution is 2.56. The van der Waals surface area contributed by atoms with Crippen LogP contribution >= 0.6 is 0 Å². The van der Waals surface area contributed by atoms with E-state index in [1.54, 1.807) is 0 Å². The van der Waals surface area contributed by atoms with Crippen LogP contribution in [0, 0.1) is 17.3 Å². The molecule has 2 rings (SSSR count). The summed E-state index contributed by atoms with van der Waals surface area (Å²) in [6.07, 6.45) is 14.9. The molecule has 2 aliphatic rings. The van der Waals surface area contributed by atoms with Gasteiger partial charge in [-0.2, -0.15) is 0 Å². The molecule has 3 atom stereocenters. The molecule has 0 aromatic rings. The van der Waals surface area contributed by atoms with E-state index in [1.807, 2.05) is 0 Å². The van der Waals surface area contributed by atoms with Crippen LogP contribution in [0.5, 0.6) is 0 Å². The monoisotopic (exact) mass is 192 g/mol. The molecule has 0 N–H and O–H groups in total. The van der Waals surface area contributed by atoms with Gasteiger partial charge in [0, 0.05) is 0 Å². The number of fused-ring (bicyclic) bond motifs is 1. The third-order valence-corrected chi connectivity index (χ3v) is 4.90. The van der Waals surface area contributed by atoms with Gasteiger partial charge in [0.15, 0.2) is 0 Å². The van der Waals surface area contributed by atoms with E-state index in [4.69, 9.17) is 0 Å². The molecule has 80 valence electrons. The molecule has 0 bridgehead atoms. The van der Waals surface area contributed by atoms with Crippen LogP contribution in [0.1, 0.15) is 58.8 Å². The first-order valence-electron chi connectivity index (χ1n) is 6.38. The summed E-state index contributed by atoms with van der Waals surface area (Å²) in [5, 5.41) is 0. The van der Waals surface area contributed by atoms with Crippen LogP contribution in [0.2, 0.25) is 0 Å². The Balaban J connectivity index is 2.05. The van der Waals surface area contributed by atoms with Crippen molar-refractivity contribution >= 4 is 0 Å². The van der Waals surface area contributed by atoms with Crippen LogP contribution in [0.4, 0.5) is 0 Å². The fraction of sp³-hybridized carbons (Fsp3) is 0.857. The minimum atomic E-state index is 0.706. The summed E-state index contributed by atoms with van der Waals surface area (Å²) < 4.78 is 0. The van der Waals surface area contributed by atoms with Crippen LogP contribution in [0.3, 0.4) is 0 Å². The van der Waals surface area contributed by atoms with Gasteiger partial charge in [0.05, 0.1) is 0 Å². The maximum absolute atomic E-state index is 2.57. The average Bonchev–Trinajstić information content (AvgIpc) is 2.52. The summed E-state index contributed by atoms with van der Waals surface area (Å²) in [5.74, 6) is 2.05. The quantitative estimate of drug-likeness (QED) is 0.563. The van der Waals surface area contributed by atoms with E-state index in [0.29, 0.717) is 5.41 Å². The third kappa shape index (κ3) is 1.64. The lowest BCUT2D eigenvalue weighted by Gasteiger charge is -2.40. The highest BCUT2D eigenvalue weighted by Gasteiger charge is 2.46. The molecule has 3 unspecified atom stereocenters. The molecule has 0 aromatic carbocycles. The lowest BCUT2D eigenvalue weighted by molar-refractivity contribution is 0.101. The largest absolute Gasteiger partial charge is 0.0917 e. The van der Waals surface area contributed by atoms with Crippen molar-refractivity contribution in [2.45, 2.75) is 58.8 Å². The molecule has 0 amide bonds. The van der Waals surface area contributed by atoms with E-state index in [-0.39, 0.29) is 0 Å². The SMILES string of the molecule is C/C=C/CC1CCC2CCCCC12C. The molecule has 0 nitrogen and oxygen atoms in total. The van der Waals surface area contributed by atoms with Crippen molar-refractivity contribution in [1.29, 1.82) is 0 Å². The first kappa shape index (κ1) is 10.3. The third-order valence-electron chi connectivity index (χ3n) is 4.90. The van der Waals surface area contributed by atoms with Crippen molar-refractivity contribution < 1.29 is 0 Å². The Morgan fingerprint density at radius 2 is 2.07 bits per heavy atom. The Morgan fingerprint density at radius 3 is 2.86 bits per heavy atom. The minimum Gasteiger partial charge on any atom is -0.0917 e. The molecule has 2 fully saturated rings. The molecular weight excluding hydrogens is 168 g/mol. The molecule has 0 radical (unpaired) electrons. The van der Waals surface area contributed by atoms with Gasteiger partial charge in [-0.3, -0.25) is 0 Å². The molecule has 2 aliphatic carbocycles. The van der Waals surface area contributed by atoms with Gasteiger partial charge in [-0.05, 0) is 56.3 Å². The highest BCUT2D eigenvalue weighted by atomic mass is 14.5. The van der Waals surface area contributed by atoms with E-state index in [9.17, 15) is 0 Å². The first-order chi connectivity index (χ1) is 6.77. The zero-order valence-corrected chi connectivity index (χ0v) is 9.76. The summed E-state index contributed by atoms with van der Waals surface area (Å²) in [6.45, 7) is 4.72. The van der Waals surface area contributed by atoms with Gasteiger partial charge in [-0.25, -0.2) is 0 Å². The lowest BCUT2D eigenvalue weighted by atomic mass is 9.65. The zero-order chi connectivity index (χ0) is 10.0. The van der Waals surface area contributed by atoms with Crippen molar-refractivity contribution in [3.63, 3.8) is 0 Å². The minimum absolute atomic E-state index is 0.706. The summed E-state index contributed by atoms with van der Waals surface area (Å²) in [4.78, 5) is 0. The second-order valence-corrected chi connectivity index (χ2v) is 5.53. The Morgan fingerprint density at radius 1 is 1.21 bits per heavy atom. The molecule has 0 heteroatoms. The molecule has 0 saturated heterocycles. The molecule has 2 saturated carbocycles. The normalized spacial score (nSPS) is 43.0. The van der Waals surface area contributed by atoms with Crippen molar-refractivity contribution in [3.8, 4) is 0 Å². The molecule has 0 spiro atoms. The van der Waals surface area contributed by atoms with Gasteiger partial charge in [0.25, 0.3) is 0 Å². The fourth-order valence-corrected chi connectivity index (χ4v) is 3.86. The second kappa shape index (κ2) is 4.08. The van der Waals surface area contributed by atoms with Crippen molar-refractivity contribution in [2.75, 3.05) is 0 Å². The number of allylic oxidation sites excluding steroid dienone is 2. The van der Waals surface area contributed by atoms with Gasteiger partial charge in [0.1, 0.15) is 0 Å². The van der Waals surface area contributed by atoms with E-state index >= 15 is 0 Å². The Kier molecular flexibility index (Phi) is 2.99. The Labute approximate surface area is 88.8 Å². The summed E-state index contributed by atoms with van der Waals surface area (Å²) >= 11 is 0. The Bertz CT molecular complexity index is 216. The molecular formula is C14H24. The highest BCUT2D eigenvalue weighted by molar-refractivity contribution is 4.99. The lowest BCUT2D eigenvalue weighted by Crippen LogP contribution is -2.31. The van der Waals surface area contributed by atoms with Crippen molar-refractivity contribution in [3.05, 3.63) is 12.2 Å². The van der Waals surface area contributed by atoms with Gasteiger partial charge in [-0.15, -0.1) is 0 Å². The standard InChI is InChI=1S/C14H24/c1-3-4-7-12-9-10-13-8-5-6-11-14(12,13)2/h3-4,12-13H,5-11H2,1-2H3/b4-3+. The average molecular weight is 192 g/mol. The Hall–Kier alpha value is -0.260. The predicted molar refractivity (Wildman–Crippen MR) is 62.2 cm³/mol. The van der Waals surface area contributed by atoms with Gasteiger partial charge < -0.3 is 0 Å². The van der Waals surface area contributed by atoms with Gasteiger partial charge in [0.2, 0.25) is 0 Å². The number of hydrogen-bond acceptors (Lipinski definition) is 0. The predicted octanol–water partition coefficient (Wildman–Crippen LogP) is 4.56. The topological polar surface area (TPSA) is 0 Å². The van der Waals surface area contributed by atoms with Crippen molar-refractivity contribution in [1.82, 2.24) is 0 Å². The summed E-state index contributed by atoms with van der Waals surface area (Å²) in [6, 6.07) is 0. The van der Waals surface area contributed by atoms with Crippen LogP contribution in [0.15, 0.2) is 12.2 Å². The maximum Gasteiger partial charge on any atom is -0.0266 e. The van der Waals surface area contributed by atoms with E-state index < -0.39 is 0 Å². The molecule has 14 heavy (non-hydrogen) atoms.